The molecule has 0 bridgehead atoms. The third kappa shape index (κ3) is 3.51. The molecular weight excluding hydrogens is 262 g/mol. The molecule has 4 nitrogen and oxygen atoms in total. The van der Waals surface area contributed by atoms with Gasteiger partial charge in [-0.3, -0.25) is 4.79 Å². The predicted octanol–water partition coefficient (Wildman–Crippen LogP) is 2.26. The summed E-state index contributed by atoms with van der Waals surface area (Å²) in [7, 11) is 0. The Balaban J connectivity index is 1.44. The van der Waals surface area contributed by atoms with Crippen molar-refractivity contribution in [1.29, 1.82) is 0 Å². The fourth-order valence-corrected chi connectivity index (χ4v) is 2.97. The summed E-state index contributed by atoms with van der Waals surface area (Å²) in [6, 6.07) is 8.45. The highest BCUT2D eigenvalue weighted by atomic mass is 16.1. The Morgan fingerprint density at radius 2 is 2.19 bits per heavy atom. The molecule has 110 valence electrons. The van der Waals surface area contributed by atoms with E-state index in [1.807, 2.05) is 6.20 Å². The Morgan fingerprint density at radius 3 is 3.00 bits per heavy atom. The maximum atomic E-state index is 12.2. The molecule has 4 heteroatoms. The zero-order valence-corrected chi connectivity index (χ0v) is 12.1. The number of nitrogens with one attached hydrogen (secondary N) is 2. The van der Waals surface area contributed by atoms with Gasteiger partial charge in [0.25, 0.3) is 0 Å². The molecule has 2 aromatic rings. The molecule has 0 aliphatic heterocycles. The van der Waals surface area contributed by atoms with Gasteiger partial charge in [-0.05, 0) is 36.8 Å². The number of carbonyl (C=O) groups is 1. The second-order valence-electron chi connectivity index (χ2n) is 5.64. The van der Waals surface area contributed by atoms with Crippen LogP contribution >= 0.6 is 0 Å². The van der Waals surface area contributed by atoms with E-state index in [1.54, 1.807) is 6.20 Å². The van der Waals surface area contributed by atoms with E-state index in [0.29, 0.717) is 0 Å². The molecule has 21 heavy (non-hydrogen) atoms. The largest absolute Gasteiger partial charge is 0.356 e. The molecule has 1 amide bonds. The van der Waals surface area contributed by atoms with E-state index in [9.17, 15) is 4.79 Å². The Kier molecular flexibility index (Phi) is 4.34. The van der Waals surface area contributed by atoms with E-state index >= 15 is 0 Å². The van der Waals surface area contributed by atoms with Crippen LogP contribution in [-0.2, 0) is 24.1 Å². The van der Waals surface area contributed by atoms with Gasteiger partial charge >= 0.3 is 0 Å². The Hall–Kier alpha value is -2.10. The van der Waals surface area contributed by atoms with E-state index < -0.39 is 0 Å². The number of nitrogens with zero attached hydrogens (tertiary/aromatic N) is 1. The number of aromatic amines is 1. The molecule has 0 radical (unpaired) electrons. The first-order valence-electron chi connectivity index (χ1n) is 7.65. The maximum Gasteiger partial charge on any atom is 0.223 e. The predicted molar refractivity (Wildman–Crippen MR) is 81.9 cm³/mol. The number of hydrogen-bond donors (Lipinski definition) is 2. The van der Waals surface area contributed by atoms with Crippen molar-refractivity contribution < 1.29 is 4.79 Å². The molecule has 1 aromatic carbocycles. The zero-order valence-electron chi connectivity index (χ0n) is 12.1. The van der Waals surface area contributed by atoms with Gasteiger partial charge in [0.2, 0.25) is 5.91 Å². The first-order valence-corrected chi connectivity index (χ1v) is 7.65. The summed E-state index contributed by atoms with van der Waals surface area (Å²) in [5.74, 6) is 1.31. The molecule has 1 aliphatic carbocycles. The lowest BCUT2D eigenvalue weighted by Crippen LogP contribution is -2.34. The first-order chi connectivity index (χ1) is 10.3. The molecular formula is C17H21N3O. The van der Waals surface area contributed by atoms with Crippen molar-refractivity contribution >= 4 is 5.91 Å². The molecule has 2 N–H and O–H groups in total. The third-order valence-electron chi connectivity index (χ3n) is 4.16. The number of aromatic nitrogens is 2. The fourth-order valence-electron chi connectivity index (χ4n) is 2.97. The van der Waals surface area contributed by atoms with Crippen molar-refractivity contribution in [2.75, 3.05) is 6.54 Å². The number of amides is 1. The minimum Gasteiger partial charge on any atom is -0.356 e. The Labute approximate surface area is 125 Å². The normalized spacial score (nSPS) is 17.2. The quantitative estimate of drug-likeness (QED) is 0.827. The number of carbonyl (C=O) groups excluding carboxylic acids is 1. The second-order valence-corrected chi connectivity index (χ2v) is 5.64. The third-order valence-corrected chi connectivity index (χ3v) is 4.16. The monoisotopic (exact) mass is 283 g/mol. The van der Waals surface area contributed by atoms with Gasteiger partial charge in [0.15, 0.2) is 0 Å². The topological polar surface area (TPSA) is 57.8 Å². The second kappa shape index (κ2) is 6.57. The van der Waals surface area contributed by atoms with Crippen molar-refractivity contribution in [3.63, 3.8) is 0 Å². The highest BCUT2D eigenvalue weighted by Gasteiger charge is 2.23. The summed E-state index contributed by atoms with van der Waals surface area (Å²) in [5.41, 5.74) is 2.74. The van der Waals surface area contributed by atoms with Gasteiger partial charge in [-0.1, -0.05) is 24.3 Å². The summed E-state index contributed by atoms with van der Waals surface area (Å²) in [6.45, 7) is 0.720. The van der Waals surface area contributed by atoms with Crippen LogP contribution in [-0.4, -0.2) is 22.4 Å². The molecule has 1 aliphatic rings. The molecule has 1 atom stereocenters. The highest BCUT2D eigenvalue weighted by Crippen LogP contribution is 2.25. The van der Waals surface area contributed by atoms with E-state index in [-0.39, 0.29) is 11.8 Å². The van der Waals surface area contributed by atoms with Gasteiger partial charge in [0, 0.05) is 31.3 Å². The summed E-state index contributed by atoms with van der Waals surface area (Å²) in [5, 5.41) is 3.07. The van der Waals surface area contributed by atoms with Crippen LogP contribution in [0.25, 0.3) is 0 Å². The number of rotatable bonds is 5. The SMILES string of the molecule is O=C(NCCCc1ncc[nH]1)[C@@H]1CCc2ccccc2C1. The fraction of sp³-hybridized carbons (Fsp3) is 0.412. The summed E-state index contributed by atoms with van der Waals surface area (Å²) < 4.78 is 0. The molecule has 0 unspecified atom stereocenters. The highest BCUT2D eigenvalue weighted by molar-refractivity contribution is 5.79. The van der Waals surface area contributed by atoms with Gasteiger partial charge in [0.05, 0.1) is 0 Å². The van der Waals surface area contributed by atoms with Crippen LogP contribution in [0.4, 0.5) is 0 Å². The number of imidazole rings is 1. The smallest absolute Gasteiger partial charge is 0.223 e. The van der Waals surface area contributed by atoms with Crippen LogP contribution < -0.4 is 5.32 Å². The first kappa shape index (κ1) is 13.9. The Bertz CT molecular complexity index is 592. The molecule has 1 aromatic heterocycles. The van der Waals surface area contributed by atoms with Crippen molar-refractivity contribution in [3.8, 4) is 0 Å². The summed E-state index contributed by atoms with van der Waals surface area (Å²) in [4.78, 5) is 19.5. The number of H-pyrrole nitrogens is 1. The van der Waals surface area contributed by atoms with Crippen molar-refractivity contribution in [2.24, 2.45) is 5.92 Å². The summed E-state index contributed by atoms with van der Waals surface area (Å²) in [6.07, 6.45) is 8.23. The Morgan fingerprint density at radius 1 is 1.33 bits per heavy atom. The molecule has 1 heterocycles. The number of hydrogen-bond acceptors (Lipinski definition) is 2. The summed E-state index contributed by atoms with van der Waals surface area (Å²) >= 11 is 0. The number of benzene rings is 1. The van der Waals surface area contributed by atoms with Crippen LogP contribution in [0.15, 0.2) is 36.7 Å². The standard InChI is InChI=1S/C17H21N3O/c21-17(20-9-3-6-16-18-10-11-19-16)15-8-7-13-4-1-2-5-14(13)12-15/h1-2,4-5,10-11,15H,3,6-9,12H2,(H,18,19)(H,20,21)/t15-/m1/s1. The number of aryl methyl sites for hydroxylation is 2. The van der Waals surface area contributed by atoms with Gasteiger partial charge in [0.1, 0.15) is 5.82 Å². The van der Waals surface area contributed by atoms with Crippen molar-refractivity contribution in [1.82, 2.24) is 15.3 Å². The van der Waals surface area contributed by atoms with Crippen molar-refractivity contribution in [2.45, 2.75) is 32.1 Å². The minimum absolute atomic E-state index is 0.128. The maximum absolute atomic E-state index is 12.2. The average Bonchev–Trinajstić information content (AvgIpc) is 3.04. The molecule has 3 rings (SSSR count). The van der Waals surface area contributed by atoms with Crippen LogP contribution in [0.1, 0.15) is 29.8 Å². The van der Waals surface area contributed by atoms with Crippen LogP contribution in [0.5, 0.6) is 0 Å². The lowest BCUT2D eigenvalue weighted by atomic mass is 9.83. The van der Waals surface area contributed by atoms with Crippen LogP contribution in [0, 0.1) is 5.92 Å². The molecule has 0 spiro atoms. The van der Waals surface area contributed by atoms with Crippen LogP contribution in [0.3, 0.4) is 0 Å². The van der Waals surface area contributed by atoms with E-state index in [0.717, 1.165) is 44.5 Å². The van der Waals surface area contributed by atoms with Gasteiger partial charge in [-0.2, -0.15) is 0 Å². The average molecular weight is 283 g/mol. The van der Waals surface area contributed by atoms with Gasteiger partial charge < -0.3 is 10.3 Å². The van der Waals surface area contributed by atoms with E-state index in [1.165, 1.54) is 11.1 Å². The lowest BCUT2D eigenvalue weighted by Gasteiger charge is -2.23. The zero-order chi connectivity index (χ0) is 14.5. The molecule has 0 fully saturated rings. The van der Waals surface area contributed by atoms with E-state index in [2.05, 4.69) is 39.6 Å². The van der Waals surface area contributed by atoms with Gasteiger partial charge in [-0.25, -0.2) is 4.98 Å². The molecule has 0 saturated heterocycles. The van der Waals surface area contributed by atoms with Crippen molar-refractivity contribution in [3.05, 3.63) is 53.6 Å². The minimum atomic E-state index is 0.128. The van der Waals surface area contributed by atoms with Gasteiger partial charge in [-0.15, -0.1) is 0 Å². The lowest BCUT2D eigenvalue weighted by molar-refractivity contribution is -0.125. The van der Waals surface area contributed by atoms with E-state index in [4.69, 9.17) is 0 Å². The molecule has 0 saturated carbocycles. The van der Waals surface area contributed by atoms with Crippen LogP contribution in [0.2, 0.25) is 0 Å². The number of fused-ring (bicyclic) bond motifs is 1.